The van der Waals surface area contributed by atoms with Crippen molar-refractivity contribution in [3.05, 3.63) is 36.0 Å². The number of amides is 1. The Morgan fingerprint density at radius 1 is 1.36 bits per heavy atom. The number of likely N-dealkylation sites (tertiary alicyclic amines) is 2. The maximum Gasteiger partial charge on any atom is 0.256 e. The molecule has 134 valence electrons. The first kappa shape index (κ1) is 16.6. The standard InChI is InChI=1S/C20H27N3O2/c1-3-25-12-15-8-9-22(2)20(10-15)13-23(14-20)19(24)17-11-21-18-7-5-4-6-16(17)18/h4-7,11,15,21H,3,8-10,12-14H2,1-2H3. The molecule has 1 atom stereocenters. The molecular formula is C20H27N3O2. The summed E-state index contributed by atoms with van der Waals surface area (Å²) in [7, 11) is 2.20. The summed E-state index contributed by atoms with van der Waals surface area (Å²) in [6.07, 6.45) is 4.16. The van der Waals surface area contributed by atoms with Crippen molar-refractivity contribution in [3.8, 4) is 0 Å². The fourth-order valence-corrected chi connectivity index (χ4v) is 4.43. The van der Waals surface area contributed by atoms with E-state index in [0.717, 1.165) is 55.7 Å². The van der Waals surface area contributed by atoms with Gasteiger partial charge in [-0.3, -0.25) is 9.69 Å². The smallest absolute Gasteiger partial charge is 0.256 e. The van der Waals surface area contributed by atoms with Crippen LogP contribution in [0.4, 0.5) is 0 Å². The number of nitrogens with zero attached hydrogens (tertiary/aromatic N) is 2. The van der Waals surface area contributed by atoms with Crippen molar-refractivity contribution < 1.29 is 9.53 Å². The van der Waals surface area contributed by atoms with Gasteiger partial charge in [0.15, 0.2) is 0 Å². The number of aromatic nitrogens is 1. The third-order valence-corrected chi connectivity index (χ3v) is 5.99. The molecule has 0 bridgehead atoms. The molecule has 5 heteroatoms. The molecule has 1 N–H and O–H groups in total. The van der Waals surface area contributed by atoms with Crippen LogP contribution in [0.1, 0.15) is 30.1 Å². The van der Waals surface area contributed by atoms with Crippen LogP contribution in [0.2, 0.25) is 0 Å². The van der Waals surface area contributed by atoms with Gasteiger partial charge in [-0.25, -0.2) is 0 Å². The van der Waals surface area contributed by atoms with E-state index in [1.165, 1.54) is 6.42 Å². The van der Waals surface area contributed by atoms with Crippen molar-refractivity contribution in [2.75, 3.05) is 39.9 Å². The fourth-order valence-electron chi connectivity index (χ4n) is 4.43. The lowest BCUT2D eigenvalue weighted by molar-refractivity contribution is -0.0751. The molecule has 1 spiro atoms. The van der Waals surface area contributed by atoms with E-state index in [4.69, 9.17) is 4.74 Å². The van der Waals surface area contributed by atoms with Crippen LogP contribution in [0.25, 0.3) is 10.9 Å². The number of nitrogens with one attached hydrogen (secondary N) is 1. The normalized spacial score (nSPS) is 23.1. The van der Waals surface area contributed by atoms with Crippen LogP contribution in [0.3, 0.4) is 0 Å². The summed E-state index contributed by atoms with van der Waals surface area (Å²) in [5, 5.41) is 1.01. The van der Waals surface area contributed by atoms with Gasteiger partial charge in [0, 0.05) is 43.4 Å². The Morgan fingerprint density at radius 3 is 2.96 bits per heavy atom. The van der Waals surface area contributed by atoms with Crippen LogP contribution in [-0.4, -0.2) is 66.1 Å². The lowest BCUT2D eigenvalue weighted by Crippen LogP contribution is -2.72. The summed E-state index contributed by atoms with van der Waals surface area (Å²) in [6.45, 7) is 6.42. The largest absolute Gasteiger partial charge is 0.381 e. The van der Waals surface area contributed by atoms with Gasteiger partial charge in [-0.15, -0.1) is 0 Å². The zero-order valence-corrected chi connectivity index (χ0v) is 15.1. The van der Waals surface area contributed by atoms with Gasteiger partial charge in [-0.2, -0.15) is 0 Å². The molecule has 0 aliphatic carbocycles. The predicted molar refractivity (Wildman–Crippen MR) is 98.8 cm³/mol. The Kier molecular flexibility index (Phi) is 4.29. The number of piperidine rings is 1. The Labute approximate surface area is 148 Å². The summed E-state index contributed by atoms with van der Waals surface area (Å²) in [6, 6.07) is 8.00. The van der Waals surface area contributed by atoms with Gasteiger partial charge in [0.25, 0.3) is 5.91 Å². The van der Waals surface area contributed by atoms with E-state index in [2.05, 4.69) is 23.9 Å². The molecule has 2 fully saturated rings. The maximum absolute atomic E-state index is 13.0. The number of rotatable bonds is 4. The first-order chi connectivity index (χ1) is 12.1. The molecule has 1 aromatic carbocycles. The summed E-state index contributed by atoms with van der Waals surface area (Å²) >= 11 is 0. The van der Waals surface area contributed by atoms with Gasteiger partial charge in [0.1, 0.15) is 0 Å². The Morgan fingerprint density at radius 2 is 2.16 bits per heavy atom. The van der Waals surface area contributed by atoms with Crippen LogP contribution in [-0.2, 0) is 4.74 Å². The molecule has 25 heavy (non-hydrogen) atoms. The first-order valence-electron chi connectivity index (χ1n) is 9.27. The van der Waals surface area contributed by atoms with E-state index >= 15 is 0 Å². The number of ether oxygens (including phenoxy) is 1. The summed E-state index contributed by atoms with van der Waals surface area (Å²) in [5.41, 5.74) is 1.95. The second kappa shape index (κ2) is 6.46. The molecule has 4 rings (SSSR count). The molecule has 2 aliphatic rings. The number of likely N-dealkylation sites (N-methyl/N-ethyl adjacent to an activating group) is 1. The van der Waals surface area contributed by atoms with E-state index in [1.807, 2.05) is 35.4 Å². The molecule has 0 saturated carbocycles. The number of hydrogen-bond acceptors (Lipinski definition) is 3. The van der Waals surface area contributed by atoms with Crippen molar-refractivity contribution in [1.82, 2.24) is 14.8 Å². The minimum atomic E-state index is 0.141. The third kappa shape index (κ3) is 2.85. The predicted octanol–water partition coefficient (Wildman–Crippen LogP) is 2.74. The molecule has 1 amide bonds. The van der Waals surface area contributed by atoms with Crippen molar-refractivity contribution in [2.45, 2.75) is 25.3 Å². The third-order valence-electron chi connectivity index (χ3n) is 5.99. The number of fused-ring (bicyclic) bond motifs is 1. The van der Waals surface area contributed by atoms with Crippen LogP contribution < -0.4 is 0 Å². The van der Waals surface area contributed by atoms with Crippen LogP contribution in [0.5, 0.6) is 0 Å². The van der Waals surface area contributed by atoms with Crippen molar-refractivity contribution in [2.24, 2.45) is 5.92 Å². The molecule has 3 heterocycles. The van der Waals surface area contributed by atoms with Crippen LogP contribution >= 0.6 is 0 Å². The molecule has 2 saturated heterocycles. The second-order valence-electron chi connectivity index (χ2n) is 7.57. The molecule has 2 aromatic rings. The van der Waals surface area contributed by atoms with E-state index in [-0.39, 0.29) is 11.4 Å². The van der Waals surface area contributed by atoms with Gasteiger partial charge in [0.2, 0.25) is 0 Å². The Balaban J connectivity index is 1.46. The number of carbonyl (C=O) groups is 1. The fraction of sp³-hybridized carbons (Fsp3) is 0.550. The highest BCUT2D eigenvalue weighted by atomic mass is 16.5. The first-order valence-corrected chi connectivity index (χ1v) is 9.27. The van der Waals surface area contributed by atoms with Crippen molar-refractivity contribution in [3.63, 3.8) is 0 Å². The number of benzene rings is 1. The molecular weight excluding hydrogens is 314 g/mol. The maximum atomic E-state index is 13.0. The molecule has 1 unspecified atom stereocenters. The Hall–Kier alpha value is -1.85. The zero-order chi connectivity index (χ0) is 17.4. The molecule has 1 aromatic heterocycles. The Bertz CT molecular complexity index is 761. The monoisotopic (exact) mass is 341 g/mol. The minimum Gasteiger partial charge on any atom is -0.381 e. The van der Waals surface area contributed by atoms with Crippen LogP contribution in [0.15, 0.2) is 30.5 Å². The molecule has 2 aliphatic heterocycles. The summed E-state index contributed by atoms with van der Waals surface area (Å²) < 4.78 is 5.65. The number of aromatic amines is 1. The zero-order valence-electron chi connectivity index (χ0n) is 15.1. The minimum absolute atomic E-state index is 0.141. The highest BCUT2D eigenvalue weighted by Gasteiger charge is 2.51. The van der Waals surface area contributed by atoms with E-state index < -0.39 is 0 Å². The highest BCUT2D eigenvalue weighted by molar-refractivity contribution is 6.07. The van der Waals surface area contributed by atoms with Gasteiger partial charge in [0.05, 0.1) is 11.1 Å². The SMILES string of the molecule is CCOCC1CCN(C)C2(C1)CN(C(=O)c1c[nH]c3ccccc13)C2. The number of H-pyrrole nitrogens is 1. The van der Waals surface area contributed by atoms with Gasteiger partial charge >= 0.3 is 0 Å². The van der Waals surface area contributed by atoms with E-state index in [1.54, 1.807) is 0 Å². The number of hydrogen-bond donors (Lipinski definition) is 1. The van der Waals surface area contributed by atoms with Crippen molar-refractivity contribution >= 4 is 16.8 Å². The van der Waals surface area contributed by atoms with Crippen LogP contribution in [0, 0.1) is 5.92 Å². The highest BCUT2D eigenvalue weighted by Crippen LogP contribution is 2.39. The molecule has 0 radical (unpaired) electrons. The summed E-state index contributed by atoms with van der Waals surface area (Å²) in [5.74, 6) is 0.755. The summed E-state index contributed by atoms with van der Waals surface area (Å²) in [4.78, 5) is 20.6. The average molecular weight is 341 g/mol. The number of carbonyl (C=O) groups excluding carboxylic acids is 1. The lowest BCUT2D eigenvalue weighted by Gasteiger charge is -2.58. The van der Waals surface area contributed by atoms with Crippen molar-refractivity contribution in [1.29, 1.82) is 0 Å². The van der Waals surface area contributed by atoms with Gasteiger partial charge in [-0.1, -0.05) is 18.2 Å². The van der Waals surface area contributed by atoms with Gasteiger partial charge < -0.3 is 14.6 Å². The van der Waals surface area contributed by atoms with Gasteiger partial charge in [-0.05, 0) is 45.3 Å². The molecule has 5 nitrogen and oxygen atoms in total. The second-order valence-corrected chi connectivity index (χ2v) is 7.57. The average Bonchev–Trinajstić information content (AvgIpc) is 3.03. The quantitative estimate of drug-likeness (QED) is 0.930. The number of para-hydroxylation sites is 1. The topological polar surface area (TPSA) is 48.6 Å². The van der Waals surface area contributed by atoms with E-state index in [0.29, 0.717) is 5.92 Å². The van der Waals surface area contributed by atoms with E-state index in [9.17, 15) is 4.79 Å². The lowest BCUT2D eigenvalue weighted by atomic mass is 9.75.